The van der Waals surface area contributed by atoms with Gasteiger partial charge in [-0.15, -0.1) is 0 Å². The molecule has 4 rings (SSSR count). The van der Waals surface area contributed by atoms with Gasteiger partial charge in [0.15, 0.2) is 0 Å². The molecule has 0 radical (unpaired) electrons. The van der Waals surface area contributed by atoms with E-state index in [0.717, 1.165) is 11.1 Å². The van der Waals surface area contributed by atoms with Gasteiger partial charge >= 0.3 is 0 Å². The third-order valence-corrected chi connectivity index (χ3v) is 4.76. The Balaban J connectivity index is 1.52. The van der Waals surface area contributed by atoms with Gasteiger partial charge in [-0.3, -0.25) is 19.7 Å². The number of nitro benzene ring substituents is 1. The molecule has 1 atom stereocenters. The molecular formula is C19H14ClN5O4. The van der Waals surface area contributed by atoms with Crippen LogP contribution in [0, 0.1) is 10.1 Å². The number of nitrogens with one attached hydrogen (secondary N) is 2. The zero-order valence-electron chi connectivity index (χ0n) is 14.8. The third kappa shape index (κ3) is 3.67. The standard InChI is InChI=1S/C19H14ClN5O4/c20-12-6-4-11(5-7-12)15-10-21-24-16(19(27)23-18(15)24)9-17(26)22-13-2-1-3-14(8-13)25(28)29/h1-8,10,16H,9H2,(H,22,26)(H,23,27). The van der Waals surface area contributed by atoms with Crippen LogP contribution in [0.3, 0.4) is 0 Å². The highest BCUT2D eigenvalue weighted by Crippen LogP contribution is 2.36. The van der Waals surface area contributed by atoms with Crippen molar-refractivity contribution < 1.29 is 14.5 Å². The minimum absolute atomic E-state index is 0.136. The number of benzene rings is 2. The fraction of sp³-hybridized carbons (Fsp3) is 0.105. The SMILES string of the molecule is O=C(CC1C(=O)Nc2c(-c3ccc(Cl)cc3)cnn21)Nc1cccc([N+](=O)[O-])c1. The first kappa shape index (κ1) is 18.6. The Morgan fingerprint density at radius 1 is 1.28 bits per heavy atom. The minimum atomic E-state index is -0.815. The second-order valence-electron chi connectivity index (χ2n) is 6.42. The number of fused-ring (bicyclic) bond motifs is 1. The molecule has 0 fully saturated rings. The van der Waals surface area contributed by atoms with Crippen molar-refractivity contribution >= 4 is 40.6 Å². The van der Waals surface area contributed by atoms with Crippen molar-refractivity contribution in [2.24, 2.45) is 0 Å². The van der Waals surface area contributed by atoms with E-state index in [1.165, 1.54) is 28.9 Å². The first-order valence-electron chi connectivity index (χ1n) is 8.61. The summed E-state index contributed by atoms with van der Waals surface area (Å²) in [6, 6.07) is 11.9. The van der Waals surface area contributed by atoms with E-state index in [1.807, 2.05) is 12.1 Å². The van der Waals surface area contributed by atoms with E-state index in [0.29, 0.717) is 10.8 Å². The largest absolute Gasteiger partial charge is 0.326 e. The van der Waals surface area contributed by atoms with Crippen molar-refractivity contribution in [2.45, 2.75) is 12.5 Å². The Labute approximate surface area is 169 Å². The highest BCUT2D eigenvalue weighted by molar-refractivity contribution is 6.30. The van der Waals surface area contributed by atoms with Crippen molar-refractivity contribution in [3.05, 3.63) is 69.9 Å². The van der Waals surface area contributed by atoms with Crippen molar-refractivity contribution in [3.8, 4) is 11.1 Å². The number of halogens is 1. The molecule has 2 heterocycles. The van der Waals surface area contributed by atoms with Crippen molar-refractivity contribution in [1.29, 1.82) is 0 Å². The van der Waals surface area contributed by atoms with Gasteiger partial charge in [0.2, 0.25) is 5.91 Å². The molecule has 2 aromatic carbocycles. The molecule has 3 aromatic rings. The average Bonchev–Trinajstić information content (AvgIpc) is 3.22. The number of non-ortho nitro benzene ring substituents is 1. The van der Waals surface area contributed by atoms with Crippen LogP contribution in [-0.2, 0) is 9.59 Å². The summed E-state index contributed by atoms with van der Waals surface area (Å²) in [5.41, 5.74) is 1.70. The second-order valence-corrected chi connectivity index (χ2v) is 6.86. The highest BCUT2D eigenvalue weighted by Gasteiger charge is 2.35. The third-order valence-electron chi connectivity index (χ3n) is 4.51. The van der Waals surface area contributed by atoms with Gasteiger partial charge in [0.1, 0.15) is 11.9 Å². The Morgan fingerprint density at radius 3 is 2.76 bits per heavy atom. The predicted molar refractivity (Wildman–Crippen MR) is 107 cm³/mol. The van der Waals surface area contributed by atoms with Crippen LogP contribution in [0.4, 0.5) is 17.2 Å². The molecule has 2 amide bonds. The molecule has 146 valence electrons. The Morgan fingerprint density at radius 2 is 2.03 bits per heavy atom. The van der Waals surface area contributed by atoms with Crippen molar-refractivity contribution in [2.75, 3.05) is 10.6 Å². The molecular weight excluding hydrogens is 398 g/mol. The lowest BCUT2D eigenvalue weighted by Crippen LogP contribution is -2.23. The summed E-state index contributed by atoms with van der Waals surface area (Å²) in [7, 11) is 0. The zero-order chi connectivity index (χ0) is 20.5. The van der Waals surface area contributed by atoms with E-state index in [1.54, 1.807) is 18.3 Å². The zero-order valence-corrected chi connectivity index (χ0v) is 15.6. The monoisotopic (exact) mass is 411 g/mol. The molecule has 1 unspecified atom stereocenters. The quantitative estimate of drug-likeness (QED) is 0.490. The fourth-order valence-electron chi connectivity index (χ4n) is 3.14. The van der Waals surface area contributed by atoms with Crippen molar-refractivity contribution in [1.82, 2.24) is 9.78 Å². The maximum Gasteiger partial charge on any atom is 0.271 e. The molecule has 9 nitrogen and oxygen atoms in total. The number of carbonyl (C=O) groups excluding carboxylic acids is 2. The van der Waals surface area contributed by atoms with Crippen LogP contribution in [-0.4, -0.2) is 26.5 Å². The summed E-state index contributed by atoms with van der Waals surface area (Å²) in [4.78, 5) is 35.1. The fourth-order valence-corrected chi connectivity index (χ4v) is 3.26. The van der Waals surface area contributed by atoms with Crippen LogP contribution in [0.5, 0.6) is 0 Å². The summed E-state index contributed by atoms with van der Waals surface area (Å²) >= 11 is 5.92. The van der Waals surface area contributed by atoms with Crippen LogP contribution in [0.15, 0.2) is 54.7 Å². The van der Waals surface area contributed by atoms with Gasteiger partial charge in [-0.2, -0.15) is 5.10 Å². The molecule has 1 aliphatic heterocycles. The summed E-state index contributed by atoms with van der Waals surface area (Å²) < 4.78 is 1.47. The van der Waals surface area contributed by atoms with Gasteiger partial charge in [-0.1, -0.05) is 29.8 Å². The number of hydrogen-bond donors (Lipinski definition) is 2. The van der Waals surface area contributed by atoms with Gasteiger partial charge in [0.25, 0.3) is 11.6 Å². The van der Waals surface area contributed by atoms with Crippen LogP contribution in [0.25, 0.3) is 11.1 Å². The van der Waals surface area contributed by atoms with E-state index in [4.69, 9.17) is 11.6 Å². The first-order valence-corrected chi connectivity index (χ1v) is 8.99. The number of anilines is 2. The average molecular weight is 412 g/mol. The smallest absolute Gasteiger partial charge is 0.271 e. The van der Waals surface area contributed by atoms with Gasteiger partial charge in [-0.05, 0) is 23.8 Å². The van der Waals surface area contributed by atoms with Crippen LogP contribution in [0.2, 0.25) is 5.02 Å². The molecule has 10 heteroatoms. The Hall–Kier alpha value is -3.72. The molecule has 1 aromatic heterocycles. The molecule has 0 bridgehead atoms. The lowest BCUT2D eigenvalue weighted by molar-refractivity contribution is -0.384. The molecule has 0 saturated carbocycles. The number of nitrogens with zero attached hydrogens (tertiary/aromatic N) is 3. The van der Waals surface area contributed by atoms with Crippen LogP contribution >= 0.6 is 11.6 Å². The van der Waals surface area contributed by atoms with Gasteiger partial charge in [0, 0.05) is 28.4 Å². The first-order chi connectivity index (χ1) is 13.9. The molecule has 0 saturated heterocycles. The van der Waals surface area contributed by atoms with Gasteiger partial charge in [0.05, 0.1) is 17.5 Å². The van der Waals surface area contributed by atoms with Crippen LogP contribution < -0.4 is 10.6 Å². The molecule has 0 aliphatic carbocycles. The molecule has 29 heavy (non-hydrogen) atoms. The van der Waals surface area contributed by atoms with E-state index < -0.39 is 16.9 Å². The number of aromatic nitrogens is 2. The maximum absolute atomic E-state index is 12.4. The highest BCUT2D eigenvalue weighted by atomic mass is 35.5. The molecule has 2 N–H and O–H groups in total. The normalized spacial score (nSPS) is 14.9. The maximum atomic E-state index is 12.4. The van der Waals surface area contributed by atoms with Crippen molar-refractivity contribution in [3.63, 3.8) is 0 Å². The van der Waals surface area contributed by atoms with E-state index in [-0.39, 0.29) is 23.7 Å². The van der Waals surface area contributed by atoms with Crippen LogP contribution in [0.1, 0.15) is 12.5 Å². The predicted octanol–water partition coefficient (Wildman–Crippen LogP) is 3.63. The molecule has 0 spiro atoms. The van der Waals surface area contributed by atoms with E-state index in [9.17, 15) is 19.7 Å². The van der Waals surface area contributed by atoms with E-state index in [2.05, 4.69) is 15.7 Å². The Bertz CT molecular complexity index is 1130. The summed E-state index contributed by atoms with van der Waals surface area (Å²) in [6.07, 6.45) is 1.45. The summed E-state index contributed by atoms with van der Waals surface area (Å²) in [5, 5.41) is 21.1. The molecule has 1 aliphatic rings. The van der Waals surface area contributed by atoms with Gasteiger partial charge in [-0.25, -0.2) is 4.68 Å². The topological polar surface area (TPSA) is 119 Å². The lowest BCUT2D eigenvalue weighted by Gasteiger charge is -2.09. The number of nitro groups is 1. The number of rotatable bonds is 5. The van der Waals surface area contributed by atoms with Gasteiger partial charge < -0.3 is 10.6 Å². The number of carbonyl (C=O) groups is 2. The number of hydrogen-bond acceptors (Lipinski definition) is 5. The summed E-state index contributed by atoms with van der Waals surface area (Å²) in [5.74, 6) is -0.301. The Kier molecular flexibility index (Phi) is 4.73. The lowest BCUT2D eigenvalue weighted by atomic mass is 10.1. The van der Waals surface area contributed by atoms with E-state index >= 15 is 0 Å². The summed E-state index contributed by atoms with van der Waals surface area (Å²) in [6.45, 7) is 0. The minimum Gasteiger partial charge on any atom is -0.326 e. The number of amides is 2. The second kappa shape index (κ2) is 7.36.